The first-order valence-corrected chi connectivity index (χ1v) is 7.68. The van der Waals surface area contributed by atoms with Crippen LogP contribution < -0.4 is 10.2 Å². The molecule has 1 aromatic heterocycles. The van der Waals surface area contributed by atoms with E-state index in [1.54, 1.807) is 0 Å². The van der Waals surface area contributed by atoms with Crippen LogP contribution in [0.2, 0.25) is 5.15 Å². The van der Waals surface area contributed by atoms with Crippen molar-refractivity contribution in [2.24, 2.45) is 0 Å². The molecule has 0 radical (unpaired) electrons. The van der Waals surface area contributed by atoms with E-state index in [1.807, 2.05) is 7.05 Å². The Kier molecular flexibility index (Phi) is 5.86. The number of hydrogen-bond donors (Lipinski definition) is 1. The summed E-state index contributed by atoms with van der Waals surface area (Å²) >= 11 is 6.12. The Labute approximate surface area is 125 Å². The van der Waals surface area contributed by atoms with E-state index >= 15 is 0 Å². The standard InChI is InChI=1S/C14H23ClN4O/c1-3-9-20-11-5-4-7-19(8-6-11)14-12(16-2)13(15)17-10-18-14/h10-11,16H,3-9H2,1-2H3. The minimum Gasteiger partial charge on any atom is -0.383 e. The van der Waals surface area contributed by atoms with Crippen molar-refractivity contribution in [3.8, 4) is 0 Å². The zero-order valence-electron chi connectivity index (χ0n) is 12.2. The highest BCUT2D eigenvalue weighted by molar-refractivity contribution is 6.32. The second-order valence-corrected chi connectivity index (χ2v) is 5.38. The molecule has 1 atom stereocenters. The first kappa shape index (κ1) is 15.3. The molecule has 0 aromatic carbocycles. The van der Waals surface area contributed by atoms with Crippen LogP contribution in [0.25, 0.3) is 0 Å². The zero-order valence-corrected chi connectivity index (χ0v) is 13.0. The first-order chi connectivity index (χ1) is 9.76. The van der Waals surface area contributed by atoms with E-state index in [9.17, 15) is 0 Å². The fourth-order valence-electron chi connectivity index (χ4n) is 2.54. The molecule has 20 heavy (non-hydrogen) atoms. The van der Waals surface area contributed by atoms with Gasteiger partial charge in [0.05, 0.1) is 6.10 Å². The molecular formula is C14H23ClN4O. The lowest BCUT2D eigenvalue weighted by atomic mass is 10.2. The number of nitrogens with one attached hydrogen (secondary N) is 1. The molecule has 6 heteroatoms. The highest BCUT2D eigenvalue weighted by atomic mass is 35.5. The molecule has 5 nitrogen and oxygen atoms in total. The minimum atomic E-state index is 0.371. The number of hydrogen-bond acceptors (Lipinski definition) is 5. The van der Waals surface area contributed by atoms with Crippen molar-refractivity contribution in [2.45, 2.75) is 38.7 Å². The fourth-order valence-corrected chi connectivity index (χ4v) is 2.76. The third kappa shape index (κ3) is 3.73. The van der Waals surface area contributed by atoms with Crippen LogP contribution in [0.5, 0.6) is 0 Å². The van der Waals surface area contributed by atoms with Crippen molar-refractivity contribution in [2.75, 3.05) is 37.0 Å². The van der Waals surface area contributed by atoms with Crippen molar-refractivity contribution < 1.29 is 4.74 Å². The summed E-state index contributed by atoms with van der Waals surface area (Å²) in [4.78, 5) is 10.7. The van der Waals surface area contributed by atoms with Crippen LogP contribution in [0.3, 0.4) is 0 Å². The highest BCUT2D eigenvalue weighted by Crippen LogP contribution is 2.30. The van der Waals surface area contributed by atoms with E-state index < -0.39 is 0 Å². The highest BCUT2D eigenvalue weighted by Gasteiger charge is 2.21. The number of anilines is 2. The minimum absolute atomic E-state index is 0.371. The number of ether oxygens (including phenoxy) is 1. The lowest BCUT2D eigenvalue weighted by molar-refractivity contribution is 0.0461. The summed E-state index contributed by atoms with van der Waals surface area (Å²) in [6.45, 7) is 4.92. The molecule has 0 saturated carbocycles. The molecule has 0 aliphatic carbocycles. The molecule has 1 unspecified atom stereocenters. The molecule has 0 spiro atoms. The Balaban J connectivity index is 2.05. The summed E-state index contributed by atoms with van der Waals surface area (Å²) in [6, 6.07) is 0. The third-order valence-corrected chi connectivity index (χ3v) is 3.85. The van der Waals surface area contributed by atoms with E-state index in [1.165, 1.54) is 6.33 Å². The van der Waals surface area contributed by atoms with Crippen LogP contribution in [0.1, 0.15) is 32.6 Å². The van der Waals surface area contributed by atoms with E-state index in [4.69, 9.17) is 16.3 Å². The smallest absolute Gasteiger partial charge is 0.157 e. The number of rotatable bonds is 5. The van der Waals surface area contributed by atoms with Crippen molar-refractivity contribution >= 4 is 23.1 Å². The van der Waals surface area contributed by atoms with E-state index in [-0.39, 0.29) is 0 Å². The molecule has 1 fully saturated rings. The molecule has 1 saturated heterocycles. The summed E-state index contributed by atoms with van der Waals surface area (Å²) in [5.41, 5.74) is 0.807. The predicted molar refractivity (Wildman–Crippen MR) is 82.7 cm³/mol. The van der Waals surface area contributed by atoms with Crippen molar-refractivity contribution in [1.29, 1.82) is 0 Å². The second kappa shape index (κ2) is 7.64. The number of aromatic nitrogens is 2. The van der Waals surface area contributed by atoms with Crippen LogP contribution in [0, 0.1) is 0 Å². The summed E-state index contributed by atoms with van der Waals surface area (Å²) in [5.74, 6) is 0.892. The summed E-state index contributed by atoms with van der Waals surface area (Å²) in [5, 5.41) is 3.57. The fraction of sp³-hybridized carbons (Fsp3) is 0.714. The number of nitrogens with zero attached hydrogens (tertiary/aromatic N) is 3. The summed E-state index contributed by atoms with van der Waals surface area (Å²) in [6.07, 6.45) is 6.23. The molecule has 0 bridgehead atoms. The van der Waals surface area contributed by atoms with Gasteiger partial charge in [-0.1, -0.05) is 18.5 Å². The summed E-state index contributed by atoms with van der Waals surface area (Å²) < 4.78 is 5.88. The Morgan fingerprint density at radius 2 is 2.25 bits per heavy atom. The maximum Gasteiger partial charge on any atom is 0.157 e. The SMILES string of the molecule is CCCOC1CCCN(c2ncnc(Cl)c2NC)CC1. The molecule has 1 aliphatic rings. The third-order valence-electron chi connectivity index (χ3n) is 3.56. The van der Waals surface area contributed by atoms with Gasteiger partial charge in [0.15, 0.2) is 11.0 Å². The second-order valence-electron chi connectivity index (χ2n) is 5.02. The molecule has 2 rings (SSSR count). The van der Waals surface area contributed by atoms with Gasteiger partial charge in [0.25, 0.3) is 0 Å². The van der Waals surface area contributed by atoms with Crippen molar-refractivity contribution in [1.82, 2.24) is 9.97 Å². The lowest BCUT2D eigenvalue weighted by Crippen LogP contribution is -2.27. The first-order valence-electron chi connectivity index (χ1n) is 7.31. The van der Waals surface area contributed by atoms with Crippen LogP contribution in [-0.4, -0.2) is 42.8 Å². The summed E-state index contributed by atoms with van der Waals surface area (Å²) in [7, 11) is 1.85. The Bertz CT molecular complexity index is 430. The largest absolute Gasteiger partial charge is 0.383 e. The van der Waals surface area contributed by atoms with Gasteiger partial charge in [-0.25, -0.2) is 9.97 Å². The average Bonchev–Trinajstić information content (AvgIpc) is 2.70. The van der Waals surface area contributed by atoms with Gasteiger partial charge in [-0.05, 0) is 25.7 Å². The van der Waals surface area contributed by atoms with Gasteiger partial charge < -0.3 is 15.0 Å². The van der Waals surface area contributed by atoms with E-state index in [0.29, 0.717) is 11.3 Å². The predicted octanol–water partition coefficient (Wildman–Crippen LogP) is 2.96. The maximum absolute atomic E-state index is 6.12. The van der Waals surface area contributed by atoms with Gasteiger partial charge in [-0.2, -0.15) is 0 Å². The molecule has 1 N–H and O–H groups in total. The van der Waals surface area contributed by atoms with Gasteiger partial charge in [0, 0.05) is 26.7 Å². The van der Waals surface area contributed by atoms with Crippen LogP contribution >= 0.6 is 11.6 Å². The van der Waals surface area contributed by atoms with Gasteiger partial charge in [-0.15, -0.1) is 0 Å². The Hall–Kier alpha value is -1.07. The number of halogens is 1. The monoisotopic (exact) mass is 298 g/mol. The van der Waals surface area contributed by atoms with Gasteiger partial charge in [-0.3, -0.25) is 0 Å². The zero-order chi connectivity index (χ0) is 14.4. The van der Waals surface area contributed by atoms with Gasteiger partial charge in [0.1, 0.15) is 12.0 Å². The molecule has 2 heterocycles. The topological polar surface area (TPSA) is 50.3 Å². The van der Waals surface area contributed by atoms with Gasteiger partial charge in [0.2, 0.25) is 0 Å². The lowest BCUT2D eigenvalue weighted by Gasteiger charge is -2.24. The molecule has 112 valence electrons. The van der Waals surface area contributed by atoms with Gasteiger partial charge >= 0.3 is 0 Å². The van der Waals surface area contributed by atoms with E-state index in [2.05, 4.69) is 27.1 Å². The molecular weight excluding hydrogens is 276 g/mol. The average molecular weight is 299 g/mol. The normalized spacial score (nSPS) is 19.8. The Morgan fingerprint density at radius 3 is 3.00 bits per heavy atom. The van der Waals surface area contributed by atoms with Crippen molar-refractivity contribution in [3.05, 3.63) is 11.5 Å². The molecule has 1 aromatic rings. The van der Waals surface area contributed by atoms with E-state index in [0.717, 1.165) is 56.9 Å². The Morgan fingerprint density at radius 1 is 1.40 bits per heavy atom. The molecule has 1 aliphatic heterocycles. The van der Waals surface area contributed by atoms with Crippen LogP contribution in [0.15, 0.2) is 6.33 Å². The molecule has 0 amide bonds. The van der Waals surface area contributed by atoms with Crippen LogP contribution in [0.4, 0.5) is 11.5 Å². The van der Waals surface area contributed by atoms with Crippen molar-refractivity contribution in [3.63, 3.8) is 0 Å². The maximum atomic E-state index is 6.12. The quantitative estimate of drug-likeness (QED) is 0.847. The van der Waals surface area contributed by atoms with Crippen LogP contribution in [-0.2, 0) is 4.74 Å².